The summed E-state index contributed by atoms with van der Waals surface area (Å²) in [6.45, 7) is 5.50. The normalized spacial score (nSPS) is 16.9. The van der Waals surface area contributed by atoms with E-state index < -0.39 is 0 Å². The van der Waals surface area contributed by atoms with E-state index in [1.807, 2.05) is 30.2 Å². The third kappa shape index (κ3) is 3.55. The number of benzene rings is 1. The molecule has 122 valence electrons. The van der Waals surface area contributed by atoms with Gasteiger partial charge in [0.2, 0.25) is 5.91 Å². The zero-order valence-electron chi connectivity index (χ0n) is 13.6. The second-order valence-corrected chi connectivity index (χ2v) is 5.91. The maximum absolute atomic E-state index is 12.9. The summed E-state index contributed by atoms with van der Waals surface area (Å²) in [5.41, 5.74) is 1.24. The van der Waals surface area contributed by atoms with E-state index in [9.17, 15) is 4.79 Å². The number of aromatic nitrogens is 2. The number of amides is 1. The summed E-state index contributed by atoms with van der Waals surface area (Å²) in [6, 6.07) is 12.1. The molecule has 1 aromatic heterocycles. The third-order valence-electron chi connectivity index (χ3n) is 4.44. The lowest BCUT2D eigenvalue weighted by atomic mass is 10.2. The Morgan fingerprint density at radius 1 is 1.13 bits per heavy atom. The van der Waals surface area contributed by atoms with Crippen LogP contribution in [0.1, 0.15) is 25.8 Å². The largest absolute Gasteiger partial charge is 0.370 e. The Hall–Kier alpha value is -2.30. The van der Waals surface area contributed by atoms with E-state index >= 15 is 0 Å². The Labute approximate surface area is 137 Å². The van der Waals surface area contributed by atoms with Crippen LogP contribution in [0.5, 0.6) is 0 Å². The topological polar surface area (TPSA) is 41.4 Å². The second kappa shape index (κ2) is 7.31. The molecule has 2 aromatic rings. The van der Waals surface area contributed by atoms with Crippen molar-refractivity contribution in [1.82, 2.24) is 14.7 Å². The molecule has 1 aliphatic heterocycles. The molecule has 1 atom stereocenters. The average Bonchev–Trinajstić information content (AvgIpc) is 3.00. The molecule has 0 saturated carbocycles. The number of hydrogen-bond donors (Lipinski definition) is 0. The van der Waals surface area contributed by atoms with E-state index in [1.165, 1.54) is 5.69 Å². The van der Waals surface area contributed by atoms with Crippen LogP contribution in [0, 0.1) is 0 Å². The maximum Gasteiger partial charge on any atom is 0.247 e. The predicted octanol–water partition coefficient (Wildman–Crippen LogP) is 2.57. The van der Waals surface area contributed by atoms with Gasteiger partial charge in [0.05, 0.1) is 0 Å². The first-order chi connectivity index (χ1) is 11.3. The first kappa shape index (κ1) is 15.6. The molecule has 5 heteroatoms. The number of rotatable bonds is 4. The predicted molar refractivity (Wildman–Crippen MR) is 91.4 cm³/mol. The molecule has 1 aliphatic rings. The number of carbonyl (C=O) groups is 1. The van der Waals surface area contributed by atoms with Gasteiger partial charge in [-0.3, -0.25) is 9.48 Å². The smallest absolute Gasteiger partial charge is 0.247 e. The van der Waals surface area contributed by atoms with Gasteiger partial charge >= 0.3 is 0 Å². The summed E-state index contributed by atoms with van der Waals surface area (Å²) in [6.07, 6.45) is 5.37. The van der Waals surface area contributed by atoms with Crippen molar-refractivity contribution in [3.63, 3.8) is 0 Å². The lowest BCUT2D eigenvalue weighted by Crippen LogP contribution is -2.39. The van der Waals surface area contributed by atoms with Crippen LogP contribution >= 0.6 is 0 Å². The molecule has 0 N–H and O–H groups in total. The van der Waals surface area contributed by atoms with Gasteiger partial charge in [0.1, 0.15) is 6.04 Å². The fourth-order valence-corrected chi connectivity index (χ4v) is 3.19. The zero-order valence-corrected chi connectivity index (χ0v) is 13.6. The molecule has 0 radical (unpaired) electrons. The van der Waals surface area contributed by atoms with Crippen LogP contribution in [0.15, 0.2) is 48.8 Å². The molecule has 1 unspecified atom stereocenters. The molecule has 1 amide bonds. The summed E-state index contributed by atoms with van der Waals surface area (Å²) in [4.78, 5) is 17.2. The molecular weight excluding hydrogens is 288 g/mol. The van der Waals surface area contributed by atoms with Crippen LogP contribution < -0.4 is 4.90 Å². The Morgan fingerprint density at radius 2 is 1.96 bits per heavy atom. The highest BCUT2D eigenvalue weighted by Gasteiger charge is 2.26. The van der Waals surface area contributed by atoms with Gasteiger partial charge in [0.15, 0.2) is 0 Å². The van der Waals surface area contributed by atoms with Crippen LogP contribution in [0.2, 0.25) is 0 Å². The molecule has 1 fully saturated rings. The third-order valence-corrected chi connectivity index (χ3v) is 4.44. The molecule has 0 aliphatic carbocycles. The minimum absolute atomic E-state index is 0.186. The van der Waals surface area contributed by atoms with Crippen molar-refractivity contribution in [3.8, 4) is 0 Å². The number of carbonyl (C=O) groups excluding carboxylic acids is 1. The average molecular weight is 312 g/mol. The molecule has 23 heavy (non-hydrogen) atoms. The van der Waals surface area contributed by atoms with Crippen molar-refractivity contribution >= 4 is 11.6 Å². The molecule has 1 aromatic carbocycles. The van der Waals surface area contributed by atoms with E-state index in [2.05, 4.69) is 34.3 Å². The Morgan fingerprint density at radius 3 is 2.65 bits per heavy atom. The van der Waals surface area contributed by atoms with Crippen LogP contribution in [-0.2, 0) is 4.79 Å². The molecular formula is C18H24N4O. The maximum atomic E-state index is 12.9. The minimum atomic E-state index is -0.187. The van der Waals surface area contributed by atoms with Gasteiger partial charge in [-0.15, -0.1) is 0 Å². The van der Waals surface area contributed by atoms with Crippen LogP contribution in [0.4, 0.5) is 5.69 Å². The van der Waals surface area contributed by atoms with Gasteiger partial charge < -0.3 is 9.80 Å². The summed E-state index contributed by atoms with van der Waals surface area (Å²) < 4.78 is 1.78. The van der Waals surface area contributed by atoms with Crippen LogP contribution in [-0.4, -0.2) is 46.8 Å². The lowest BCUT2D eigenvalue weighted by Gasteiger charge is -2.26. The molecule has 3 rings (SSSR count). The standard InChI is InChI=1S/C18H24N4O/c1-2-17(22-13-6-10-19-22)18(23)21-12-7-11-20(14-15-21)16-8-4-3-5-9-16/h3-6,8-10,13,17H,2,7,11-12,14-15H2,1H3. The minimum Gasteiger partial charge on any atom is -0.370 e. The first-order valence-electron chi connectivity index (χ1n) is 8.37. The summed E-state index contributed by atoms with van der Waals surface area (Å²) >= 11 is 0. The van der Waals surface area contributed by atoms with Gasteiger partial charge in [-0.05, 0) is 31.0 Å². The van der Waals surface area contributed by atoms with Gasteiger partial charge in [0.25, 0.3) is 0 Å². The highest BCUT2D eigenvalue weighted by Crippen LogP contribution is 2.19. The molecule has 0 spiro atoms. The number of hydrogen-bond acceptors (Lipinski definition) is 3. The fourth-order valence-electron chi connectivity index (χ4n) is 3.19. The Kier molecular flexibility index (Phi) is 4.95. The van der Waals surface area contributed by atoms with E-state index in [0.29, 0.717) is 0 Å². The quantitative estimate of drug-likeness (QED) is 0.871. The van der Waals surface area contributed by atoms with Crippen molar-refractivity contribution in [2.45, 2.75) is 25.8 Å². The van der Waals surface area contributed by atoms with Crippen molar-refractivity contribution in [2.75, 3.05) is 31.1 Å². The summed E-state index contributed by atoms with van der Waals surface area (Å²) in [7, 11) is 0. The highest BCUT2D eigenvalue weighted by molar-refractivity contribution is 5.80. The second-order valence-electron chi connectivity index (χ2n) is 5.91. The van der Waals surface area contributed by atoms with Crippen LogP contribution in [0.25, 0.3) is 0 Å². The number of anilines is 1. The van der Waals surface area contributed by atoms with E-state index in [4.69, 9.17) is 0 Å². The van der Waals surface area contributed by atoms with Gasteiger partial charge in [-0.1, -0.05) is 25.1 Å². The summed E-state index contributed by atoms with van der Waals surface area (Å²) in [5.74, 6) is 0.186. The fraction of sp³-hybridized carbons (Fsp3) is 0.444. The molecule has 2 heterocycles. The van der Waals surface area contributed by atoms with Crippen molar-refractivity contribution in [2.24, 2.45) is 0 Å². The van der Waals surface area contributed by atoms with Gasteiger partial charge in [-0.25, -0.2) is 0 Å². The van der Waals surface area contributed by atoms with E-state index in [1.54, 1.807) is 10.9 Å². The number of para-hydroxylation sites is 1. The van der Waals surface area contributed by atoms with Crippen molar-refractivity contribution in [1.29, 1.82) is 0 Å². The lowest BCUT2D eigenvalue weighted by molar-refractivity contribution is -0.135. The number of nitrogens with zero attached hydrogens (tertiary/aromatic N) is 4. The van der Waals surface area contributed by atoms with Crippen molar-refractivity contribution in [3.05, 3.63) is 48.8 Å². The monoisotopic (exact) mass is 312 g/mol. The van der Waals surface area contributed by atoms with Gasteiger partial charge in [-0.2, -0.15) is 5.10 Å². The zero-order chi connectivity index (χ0) is 16.1. The van der Waals surface area contributed by atoms with E-state index in [-0.39, 0.29) is 11.9 Å². The Balaban J connectivity index is 1.66. The van der Waals surface area contributed by atoms with Crippen LogP contribution in [0.3, 0.4) is 0 Å². The highest BCUT2D eigenvalue weighted by atomic mass is 16.2. The first-order valence-corrected chi connectivity index (χ1v) is 8.37. The summed E-state index contributed by atoms with van der Waals surface area (Å²) in [5, 5.41) is 4.25. The van der Waals surface area contributed by atoms with Gasteiger partial charge in [0, 0.05) is 44.3 Å². The molecule has 1 saturated heterocycles. The SMILES string of the molecule is CCC(C(=O)N1CCCN(c2ccccc2)CC1)n1cccn1. The molecule has 5 nitrogen and oxygen atoms in total. The molecule has 0 bridgehead atoms. The Bertz CT molecular complexity index is 611. The van der Waals surface area contributed by atoms with E-state index in [0.717, 1.165) is 39.0 Å². The van der Waals surface area contributed by atoms with Crippen molar-refractivity contribution < 1.29 is 4.79 Å².